The number of ether oxygens (including phenoxy) is 3. The zero-order valence-electron chi connectivity index (χ0n) is 8.84. The molecule has 1 saturated heterocycles. The molecular formula is C11H12O5. The summed E-state index contributed by atoms with van der Waals surface area (Å²) < 4.78 is 15.0. The summed E-state index contributed by atoms with van der Waals surface area (Å²) >= 11 is 0. The number of hydrogen-bond acceptors (Lipinski definition) is 5. The molecule has 0 bridgehead atoms. The highest BCUT2D eigenvalue weighted by Crippen LogP contribution is 2.45. The molecule has 0 saturated carbocycles. The molecule has 0 amide bonds. The van der Waals surface area contributed by atoms with Crippen LogP contribution in [0.4, 0.5) is 0 Å². The van der Waals surface area contributed by atoms with Crippen molar-refractivity contribution in [3.8, 4) is 0 Å². The minimum atomic E-state index is -1.08. The van der Waals surface area contributed by atoms with Gasteiger partial charge in [0.25, 0.3) is 0 Å². The van der Waals surface area contributed by atoms with E-state index in [-0.39, 0.29) is 12.5 Å². The summed E-state index contributed by atoms with van der Waals surface area (Å²) in [4.78, 5) is 22.9. The SMILES string of the molecule is C=C[C@H]1CO[C@H]2OC(=O)C=C[C@]21C(=O)OC. The molecule has 3 atom stereocenters. The standard InChI is InChI=1S/C11H12O5/c1-3-7-6-15-10-11(7,9(13)14-2)5-4-8(12)16-10/h3-5,7,10H,1,6H2,2H3/t7-,10-,11-/m0/s1. The molecule has 0 aromatic heterocycles. The third-order valence-electron chi connectivity index (χ3n) is 2.97. The van der Waals surface area contributed by atoms with Crippen molar-refractivity contribution < 1.29 is 23.8 Å². The average molecular weight is 224 g/mol. The van der Waals surface area contributed by atoms with E-state index in [0.29, 0.717) is 0 Å². The van der Waals surface area contributed by atoms with Gasteiger partial charge >= 0.3 is 11.9 Å². The zero-order valence-corrected chi connectivity index (χ0v) is 8.84. The largest absolute Gasteiger partial charge is 0.468 e. The molecule has 0 unspecified atom stereocenters. The molecule has 86 valence electrons. The molecule has 2 heterocycles. The molecule has 2 aliphatic heterocycles. The second-order valence-electron chi connectivity index (χ2n) is 3.70. The summed E-state index contributed by atoms with van der Waals surface area (Å²) in [5, 5.41) is 0. The Morgan fingerprint density at radius 2 is 2.50 bits per heavy atom. The first-order chi connectivity index (χ1) is 7.65. The second-order valence-corrected chi connectivity index (χ2v) is 3.70. The fourth-order valence-corrected chi connectivity index (χ4v) is 2.08. The molecule has 5 heteroatoms. The van der Waals surface area contributed by atoms with E-state index in [2.05, 4.69) is 6.58 Å². The molecule has 0 aromatic rings. The summed E-state index contributed by atoms with van der Waals surface area (Å²) in [5.41, 5.74) is -1.08. The Balaban J connectivity index is 2.46. The first kappa shape index (κ1) is 10.9. The summed E-state index contributed by atoms with van der Waals surface area (Å²) in [6.45, 7) is 3.93. The molecule has 0 N–H and O–H groups in total. The first-order valence-corrected chi connectivity index (χ1v) is 4.87. The van der Waals surface area contributed by atoms with Crippen molar-refractivity contribution in [2.75, 3.05) is 13.7 Å². The normalized spacial score (nSPS) is 36.4. The highest BCUT2D eigenvalue weighted by atomic mass is 16.7. The van der Waals surface area contributed by atoms with Gasteiger partial charge in [0.15, 0.2) is 5.41 Å². The third-order valence-corrected chi connectivity index (χ3v) is 2.97. The van der Waals surface area contributed by atoms with Crippen LogP contribution in [0.3, 0.4) is 0 Å². The molecule has 2 rings (SSSR count). The van der Waals surface area contributed by atoms with Crippen LogP contribution >= 0.6 is 0 Å². The molecule has 5 nitrogen and oxygen atoms in total. The average Bonchev–Trinajstić information content (AvgIpc) is 2.66. The molecule has 2 aliphatic rings. The predicted molar refractivity (Wildman–Crippen MR) is 53.1 cm³/mol. The van der Waals surface area contributed by atoms with Gasteiger partial charge in [-0.2, -0.15) is 0 Å². The van der Waals surface area contributed by atoms with Gasteiger partial charge in [-0.1, -0.05) is 12.2 Å². The Bertz CT molecular complexity index is 373. The predicted octanol–water partition coefficient (Wildman–Crippen LogP) is 0.417. The fraction of sp³-hybridized carbons (Fsp3) is 0.455. The van der Waals surface area contributed by atoms with Gasteiger partial charge in [0.05, 0.1) is 13.7 Å². The van der Waals surface area contributed by atoms with Gasteiger partial charge in [-0.3, -0.25) is 4.79 Å². The number of carbonyl (C=O) groups excluding carboxylic acids is 2. The van der Waals surface area contributed by atoms with Crippen LogP contribution in [0.25, 0.3) is 0 Å². The molecular weight excluding hydrogens is 212 g/mol. The molecule has 0 radical (unpaired) electrons. The van der Waals surface area contributed by atoms with E-state index in [1.807, 2.05) is 0 Å². The van der Waals surface area contributed by atoms with E-state index in [9.17, 15) is 9.59 Å². The number of esters is 2. The van der Waals surface area contributed by atoms with E-state index in [1.54, 1.807) is 6.08 Å². The monoisotopic (exact) mass is 224 g/mol. The zero-order chi connectivity index (χ0) is 11.8. The number of hydrogen-bond donors (Lipinski definition) is 0. The lowest BCUT2D eigenvalue weighted by molar-refractivity contribution is -0.190. The van der Waals surface area contributed by atoms with E-state index in [1.165, 1.54) is 19.3 Å². The van der Waals surface area contributed by atoms with Crippen molar-refractivity contribution in [3.63, 3.8) is 0 Å². The smallest absolute Gasteiger partial charge is 0.332 e. The molecule has 16 heavy (non-hydrogen) atoms. The maximum absolute atomic E-state index is 11.9. The van der Waals surface area contributed by atoms with Gasteiger partial charge in [-0.25, -0.2) is 4.79 Å². The van der Waals surface area contributed by atoms with Crippen LogP contribution < -0.4 is 0 Å². The van der Waals surface area contributed by atoms with Crippen LogP contribution in [0.2, 0.25) is 0 Å². The quantitative estimate of drug-likeness (QED) is 0.502. The van der Waals surface area contributed by atoms with Crippen LogP contribution in [-0.2, 0) is 23.8 Å². The van der Waals surface area contributed by atoms with Crippen molar-refractivity contribution in [1.29, 1.82) is 0 Å². The lowest BCUT2D eigenvalue weighted by Gasteiger charge is -2.32. The number of fused-ring (bicyclic) bond motifs is 1. The molecule has 0 aliphatic carbocycles. The molecule has 0 spiro atoms. The Morgan fingerprint density at radius 1 is 1.75 bits per heavy atom. The maximum Gasteiger partial charge on any atom is 0.332 e. The fourth-order valence-electron chi connectivity index (χ4n) is 2.08. The van der Waals surface area contributed by atoms with Gasteiger partial charge in [-0.15, -0.1) is 6.58 Å². The minimum Gasteiger partial charge on any atom is -0.468 e. The highest BCUT2D eigenvalue weighted by Gasteiger charge is 2.59. The Hall–Kier alpha value is -1.62. The van der Waals surface area contributed by atoms with Gasteiger partial charge in [-0.05, 0) is 0 Å². The van der Waals surface area contributed by atoms with Crippen LogP contribution in [0.5, 0.6) is 0 Å². The summed E-state index contributed by atoms with van der Waals surface area (Å²) in [6, 6.07) is 0. The van der Waals surface area contributed by atoms with E-state index >= 15 is 0 Å². The number of carbonyl (C=O) groups is 2. The van der Waals surface area contributed by atoms with Gasteiger partial charge in [0.2, 0.25) is 6.29 Å². The van der Waals surface area contributed by atoms with Crippen molar-refractivity contribution in [2.45, 2.75) is 6.29 Å². The van der Waals surface area contributed by atoms with Crippen LogP contribution in [0.1, 0.15) is 0 Å². The minimum absolute atomic E-state index is 0.255. The van der Waals surface area contributed by atoms with Gasteiger partial charge in [0, 0.05) is 12.0 Å². The Kier molecular flexibility index (Phi) is 2.55. The van der Waals surface area contributed by atoms with Crippen LogP contribution in [0.15, 0.2) is 24.8 Å². The van der Waals surface area contributed by atoms with Gasteiger partial charge in [0.1, 0.15) is 0 Å². The lowest BCUT2D eigenvalue weighted by Crippen LogP contribution is -2.46. The summed E-state index contributed by atoms with van der Waals surface area (Å²) in [7, 11) is 1.29. The molecule has 0 aromatic carbocycles. The second kappa shape index (κ2) is 3.75. The van der Waals surface area contributed by atoms with Crippen molar-refractivity contribution in [1.82, 2.24) is 0 Å². The first-order valence-electron chi connectivity index (χ1n) is 4.87. The van der Waals surface area contributed by atoms with Crippen LogP contribution in [-0.4, -0.2) is 31.9 Å². The van der Waals surface area contributed by atoms with Gasteiger partial charge < -0.3 is 14.2 Å². The lowest BCUT2D eigenvalue weighted by atomic mass is 9.75. The van der Waals surface area contributed by atoms with Crippen molar-refractivity contribution in [2.24, 2.45) is 11.3 Å². The highest BCUT2D eigenvalue weighted by molar-refractivity contribution is 5.89. The van der Waals surface area contributed by atoms with Crippen LogP contribution in [0, 0.1) is 11.3 Å². The molecule has 1 fully saturated rings. The van der Waals surface area contributed by atoms with E-state index in [4.69, 9.17) is 14.2 Å². The third kappa shape index (κ3) is 1.28. The van der Waals surface area contributed by atoms with Crippen molar-refractivity contribution >= 4 is 11.9 Å². The van der Waals surface area contributed by atoms with E-state index in [0.717, 1.165) is 0 Å². The topological polar surface area (TPSA) is 61.8 Å². The maximum atomic E-state index is 11.9. The van der Waals surface area contributed by atoms with Crippen molar-refractivity contribution in [3.05, 3.63) is 24.8 Å². The number of rotatable bonds is 2. The Labute approximate surface area is 92.7 Å². The number of methoxy groups -OCH3 is 1. The Morgan fingerprint density at radius 3 is 3.12 bits per heavy atom. The summed E-state index contributed by atoms with van der Waals surface area (Å²) in [5.74, 6) is -1.26. The summed E-state index contributed by atoms with van der Waals surface area (Å²) in [6.07, 6.45) is 3.41. The van der Waals surface area contributed by atoms with E-state index < -0.39 is 23.6 Å².